The first kappa shape index (κ1) is 19.6. The predicted octanol–water partition coefficient (Wildman–Crippen LogP) is 0.700. The number of benzene rings is 1. The van der Waals surface area contributed by atoms with E-state index < -0.39 is 28.5 Å². The van der Waals surface area contributed by atoms with Gasteiger partial charge in [-0.05, 0) is 31.0 Å². The molecule has 1 aliphatic rings. The van der Waals surface area contributed by atoms with Crippen LogP contribution in [0.2, 0.25) is 5.02 Å². The minimum atomic E-state index is -3.82. The van der Waals surface area contributed by atoms with Crippen molar-refractivity contribution in [1.82, 2.24) is 10.0 Å². The molecule has 1 aromatic carbocycles. The van der Waals surface area contributed by atoms with E-state index in [0.29, 0.717) is 0 Å². The Balaban J connectivity index is 2.03. The van der Waals surface area contributed by atoms with Crippen LogP contribution < -0.4 is 10.0 Å². The second-order valence-corrected chi connectivity index (χ2v) is 7.62. The number of nitrogens with one attached hydrogen (secondary N) is 2. The van der Waals surface area contributed by atoms with Crippen LogP contribution in [-0.2, 0) is 24.3 Å². The molecule has 2 rings (SSSR count). The van der Waals surface area contributed by atoms with Crippen LogP contribution in [0.25, 0.3) is 0 Å². The third kappa shape index (κ3) is 5.96. The lowest BCUT2D eigenvalue weighted by atomic mass is 10.2. The lowest BCUT2D eigenvalue weighted by molar-refractivity contribution is -0.124. The van der Waals surface area contributed by atoms with Crippen LogP contribution in [0.3, 0.4) is 0 Å². The number of hydrogen-bond acceptors (Lipinski definition) is 6. The summed E-state index contributed by atoms with van der Waals surface area (Å²) in [5.74, 6) is -1.28. The van der Waals surface area contributed by atoms with Crippen LogP contribution in [0.1, 0.15) is 23.2 Å². The van der Waals surface area contributed by atoms with E-state index in [1.807, 2.05) is 0 Å². The zero-order valence-corrected chi connectivity index (χ0v) is 15.2. The Kier molecular flexibility index (Phi) is 6.77. The van der Waals surface area contributed by atoms with Crippen LogP contribution in [-0.4, -0.2) is 53.2 Å². The highest BCUT2D eigenvalue weighted by Crippen LogP contribution is 2.22. The zero-order valence-electron chi connectivity index (χ0n) is 13.6. The molecular weight excluding hydrogens is 372 g/mol. The summed E-state index contributed by atoms with van der Waals surface area (Å²) < 4.78 is 36.3. The highest BCUT2D eigenvalue weighted by molar-refractivity contribution is 7.89. The molecule has 0 saturated heterocycles. The largest absolute Gasteiger partial charge is 0.452 e. The van der Waals surface area contributed by atoms with Gasteiger partial charge in [-0.25, -0.2) is 17.9 Å². The first-order valence-corrected chi connectivity index (χ1v) is 9.44. The van der Waals surface area contributed by atoms with E-state index in [0.717, 1.165) is 18.9 Å². The summed E-state index contributed by atoms with van der Waals surface area (Å²) >= 11 is 5.94. The molecule has 0 unspecified atom stereocenters. The number of carbonyl (C=O) groups is 2. The fraction of sp³-hybridized carbons (Fsp3) is 0.467. The number of sulfonamides is 1. The maximum Gasteiger partial charge on any atom is 0.340 e. The summed E-state index contributed by atoms with van der Waals surface area (Å²) in [6.45, 7) is -0.158. The Bertz CT molecular complexity index is 748. The number of amides is 1. The van der Waals surface area contributed by atoms with Crippen LogP contribution in [0.4, 0.5) is 0 Å². The van der Waals surface area contributed by atoms with Gasteiger partial charge in [0.25, 0.3) is 5.91 Å². The summed E-state index contributed by atoms with van der Waals surface area (Å²) in [6.07, 6.45) is 1.84. The summed E-state index contributed by atoms with van der Waals surface area (Å²) in [5.41, 5.74) is -0.129. The molecule has 0 spiro atoms. The van der Waals surface area contributed by atoms with Gasteiger partial charge >= 0.3 is 5.97 Å². The first-order chi connectivity index (χ1) is 11.8. The summed E-state index contributed by atoms with van der Waals surface area (Å²) in [4.78, 5) is 23.5. The molecule has 1 amide bonds. The summed E-state index contributed by atoms with van der Waals surface area (Å²) in [6, 6.07) is 3.82. The number of ether oxygens (including phenoxy) is 2. The number of rotatable bonds is 9. The Hall–Kier alpha value is -1.68. The van der Waals surface area contributed by atoms with Crippen molar-refractivity contribution < 1.29 is 27.5 Å². The molecule has 0 heterocycles. The van der Waals surface area contributed by atoms with Crippen molar-refractivity contribution in [2.45, 2.75) is 23.8 Å². The minimum Gasteiger partial charge on any atom is -0.452 e. The molecule has 1 aromatic rings. The van der Waals surface area contributed by atoms with Crippen molar-refractivity contribution in [2.75, 3.05) is 26.9 Å². The van der Waals surface area contributed by atoms with Crippen LogP contribution in [0.5, 0.6) is 0 Å². The smallest absolute Gasteiger partial charge is 0.340 e. The van der Waals surface area contributed by atoms with Gasteiger partial charge in [0.2, 0.25) is 10.0 Å². The highest BCUT2D eigenvalue weighted by Gasteiger charge is 2.24. The quantitative estimate of drug-likeness (QED) is 0.474. The van der Waals surface area contributed by atoms with E-state index in [-0.39, 0.29) is 34.7 Å². The molecule has 0 aromatic heterocycles. The van der Waals surface area contributed by atoms with Gasteiger partial charge in [-0.3, -0.25) is 4.79 Å². The summed E-state index contributed by atoms with van der Waals surface area (Å²) in [5, 5.41) is 2.70. The molecular formula is C15H19ClN2O6S. The third-order valence-corrected chi connectivity index (χ3v) is 5.13. The van der Waals surface area contributed by atoms with Gasteiger partial charge in [-0.1, -0.05) is 11.6 Å². The molecule has 8 nitrogen and oxygen atoms in total. The van der Waals surface area contributed by atoms with Crippen LogP contribution >= 0.6 is 11.6 Å². The second kappa shape index (κ2) is 8.61. The Morgan fingerprint density at radius 3 is 2.68 bits per heavy atom. The fourth-order valence-electron chi connectivity index (χ4n) is 1.90. The van der Waals surface area contributed by atoms with Gasteiger partial charge in [0.1, 0.15) is 0 Å². The van der Waals surface area contributed by atoms with Crippen molar-refractivity contribution >= 4 is 33.5 Å². The highest BCUT2D eigenvalue weighted by atomic mass is 35.5. The molecule has 0 aliphatic heterocycles. The maximum atomic E-state index is 12.2. The van der Waals surface area contributed by atoms with E-state index in [1.54, 1.807) is 0 Å². The molecule has 25 heavy (non-hydrogen) atoms. The molecule has 1 saturated carbocycles. The number of esters is 1. The molecule has 2 N–H and O–H groups in total. The standard InChI is InChI=1S/C15H19ClN2O6S/c1-23-7-6-17-25(21,22)11-4-5-13(16)12(8-11)15(20)24-9-14(19)18-10-2-3-10/h4-5,8,10,17H,2-3,6-7,9H2,1H3,(H,18,19). The average molecular weight is 391 g/mol. The van der Waals surface area contributed by atoms with Gasteiger partial charge in [0.15, 0.2) is 6.61 Å². The molecule has 0 radical (unpaired) electrons. The molecule has 10 heteroatoms. The predicted molar refractivity (Wildman–Crippen MR) is 90.0 cm³/mol. The van der Waals surface area contributed by atoms with E-state index in [4.69, 9.17) is 21.1 Å². The lowest BCUT2D eigenvalue weighted by Gasteiger charge is -2.10. The van der Waals surface area contributed by atoms with Gasteiger partial charge in [-0.2, -0.15) is 0 Å². The van der Waals surface area contributed by atoms with Gasteiger partial charge in [-0.15, -0.1) is 0 Å². The zero-order chi connectivity index (χ0) is 18.4. The first-order valence-electron chi connectivity index (χ1n) is 7.58. The molecule has 0 atom stereocenters. The lowest BCUT2D eigenvalue weighted by Crippen LogP contribution is -2.30. The van der Waals surface area contributed by atoms with Crippen molar-refractivity contribution in [3.63, 3.8) is 0 Å². The maximum absolute atomic E-state index is 12.2. The van der Waals surface area contributed by atoms with E-state index in [9.17, 15) is 18.0 Å². The third-order valence-electron chi connectivity index (χ3n) is 3.34. The van der Waals surface area contributed by atoms with Crippen molar-refractivity contribution in [3.8, 4) is 0 Å². The van der Waals surface area contributed by atoms with Crippen molar-refractivity contribution in [1.29, 1.82) is 0 Å². The van der Waals surface area contributed by atoms with Crippen LogP contribution in [0, 0.1) is 0 Å². The van der Waals surface area contributed by atoms with Crippen LogP contribution in [0.15, 0.2) is 23.1 Å². The Labute approximate surface area is 150 Å². The fourth-order valence-corrected chi connectivity index (χ4v) is 3.13. The number of carbonyl (C=O) groups excluding carboxylic acids is 2. The number of hydrogen-bond donors (Lipinski definition) is 2. The van der Waals surface area contributed by atoms with Gasteiger partial charge in [0.05, 0.1) is 22.1 Å². The topological polar surface area (TPSA) is 111 Å². The molecule has 138 valence electrons. The Morgan fingerprint density at radius 1 is 1.32 bits per heavy atom. The Morgan fingerprint density at radius 2 is 2.04 bits per heavy atom. The average Bonchev–Trinajstić information content (AvgIpc) is 3.37. The number of halogens is 1. The van der Waals surface area contributed by atoms with E-state index in [1.165, 1.54) is 19.2 Å². The SMILES string of the molecule is COCCNS(=O)(=O)c1ccc(Cl)c(C(=O)OCC(=O)NC2CC2)c1. The minimum absolute atomic E-state index is 0.0310. The van der Waals surface area contributed by atoms with Gasteiger partial charge in [0, 0.05) is 19.7 Å². The normalized spacial score (nSPS) is 14.2. The second-order valence-electron chi connectivity index (χ2n) is 5.45. The van der Waals surface area contributed by atoms with Crippen molar-refractivity contribution in [3.05, 3.63) is 28.8 Å². The van der Waals surface area contributed by atoms with Gasteiger partial charge < -0.3 is 14.8 Å². The number of methoxy groups -OCH3 is 1. The van der Waals surface area contributed by atoms with E-state index in [2.05, 4.69) is 10.0 Å². The molecule has 1 aliphatic carbocycles. The molecule has 0 bridgehead atoms. The molecule has 1 fully saturated rings. The van der Waals surface area contributed by atoms with Crippen molar-refractivity contribution in [2.24, 2.45) is 0 Å². The summed E-state index contributed by atoms with van der Waals surface area (Å²) in [7, 11) is -2.37. The van der Waals surface area contributed by atoms with E-state index >= 15 is 0 Å². The monoisotopic (exact) mass is 390 g/mol.